The minimum absolute atomic E-state index is 0.0662. The maximum absolute atomic E-state index is 13.5. The van der Waals surface area contributed by atoms with E-state index in [1.54, 1.807) is 0 Å². The van der Waals surface area contributed by atoms with Crippen molar-refractivity contribution < 1.29 is 4.79 Å². The SMILES string of the molecule is CC1=CC(C)CC(N2CCN(C(=O)C(=Nc3ccccc3)c3ccccc3N)CC2)=C1. The van der Waals surface area contributed by atoms with Crippen molar-refractivity contribution in [1.82, 2.24) is 9.80 Å². The van der Waals surface area contributed by atoms with Gasteiger partial charge in [0.2, 0.25) is 0 Å². The average molecular weight is 415 g/mol. The molecule has 5 heteroatoms. The van der Waals surface area contributed by atoms with Crippen molar-refractivity contribution >= 4 is 23.0 Å². The summed E-state index contributed by atoms with van der Waals surface area (Å²) in [4.78, 5) is 22.6. The number of nitrogens with two attached hydrogens (primary N) is 1. The molecule has 2 N–H and O–H groups in total. The first-order valence-electron chi connectivity index (χ1n) is 10.9. The lowest BCUT2D eigenvalue weighted by Crippen LogP contribution is -2.50. The quantitative estimate of drug-likeness (QED) is 0.596. The molecular weight excluding hydrogens is 384 g/mol. The minimum atomic E-state index is -0.0662. The number of allylic oxidation sites excluding steroid dienone is 4. The Morgan fingerprint density at radius 1 is 1.00 bits per heavy atom. The summed E-state index contributed by atoms with van der Waals surface area (Å²) in [5.74, 6) is 0.494. The molecule has 160 valence electrons. The molecule has 4 rings (SSSR count). The maximum Gasteiger partial charge on any atom is 0.273 e. The summed E-state index contributed by atoms with van der Waals surface area (Å²) in [6, 6.07) is 17.0. The number of aliphatic imine (C=N–C) groups is 1. The Balaban J connectivity index is 1.54. The zero-order valence-corrected chi connectivity index (χ0v) is 18.3. The van der Waals surface area contributed by atoms with E-state index in [1.807, 2.05) is 59.5 Å². The number of hydrogen-bond acceptors (Lipinski definition) is 4. The standard InChI is InChI=1S/C26H30N4O/c1-19-16-20(2)18-22(17-19)29-12-14-30(15-13-29)26(31)25(23-10-6-7-11-24(23)27)28-21-8-4-3-5-9-21/h3-11,16-17,20H,12-15,18,27H2,1-2H3. The van der Waals surface area contributed by atoms with E-state index < -0.39 is 0 Å². The lowest BCUT2D eigenvalue weighted by atomic mass is 9.95. The largest absolute Gasteiger partial charge is 0.398 e. The van der Waals surface area contributed by atoms with Crippen molar-refractivity contribution in [2.75, 3.05) is 31.9 Å². The highest BCUT2D eigenvalue weighted by atomic mass is 16.2. The third-order valence-electron chi connectivity index (χ3n) is 5.86. The van der Waals surface area contributed by atoms with E-state index in [9.17, 15) is 4.79 Å². The molecule has 0 aromatic heterocycles. The van der Waals surface area contributed by atoms with Crippen molar-refractivity contribution in [2.24, 2.45) is 10.9 Å². The molecule has 0 spiro atoms. The van der Waals surface area contributed by atoms with Crippen LogP contribution < -0.4 is 5.73 Å². The van der Waals surface area contributed by atoms with Gasteiger partial charge in [-0.15, -0.1) is 0 Å². The molecule has 1 aliphatic carbocycles. The summed E-state index contributed by atoms with van der Waals surface area (Å²) in [6.07, 6.45) is 5.66. The summed E-state index contributed by atoms with van der Waals surface area (Å²) in [5, 5.41) is 0. The van der Waals surface area contributed by atoms with Crippen LogP contribution in [0.5, 0.6) is 0 Å². The number of rotatable bonds is 4. The molecule has 2 aromatic rings. The molecule has 1 fully saturated rings. The van der Waals surface area contributed by atoms with E-state index in [1.165, 1.54) is 11.3 Å². The molecule has 1 atom stereocenters. The second-order valence-electron chi connectivity index (χ2n) is 8.39. The molecular formula is C26H30N4O. The number of hydrogen-bond donors (Lipinski definition) is 1. The number of nitrogen functional groups attached to an aromatic ring is 1. The van der Waals surface area contributed by atoms with Crippen molar-refractivity contribution in [1.29, 1.82) is 0 Å². The number of benzene rings is 2. The first-order chi connectivity index (χ1) is 15.0. The van der Waals surface area contributed by atoms with Crippen LogP contribution in [0.2, 0.25) is 0 Å². The molecule has 31 heavy (non-hydrogen) atoms. The highest BCUT2D eigenvalue weighted by Gasteiger charge is 2.28. The van der Waals surface area contributed by atoms with Crippen LogP contribution in [0.25, 0.3) is 0 Å². The number of para-hydroxylation sites is 2. The smallest absolute Gasteiger partial charge is 0.273 e. The van der Waals surface area contributed by atoms with Crippen molar-refractivity contribution in [3.05, 3.63) is 83.6 Å². The molecule has 1 amide bonds. The predicted octanol–water partition coefficient (Wildman–Crippen LogP) is 4.40. The number of carbonyl (C=O) groups is 1. The van der Waals surface area contributed by atoms with E-state index in [-0.39, 0.29) is 5.91 Å². The molecule has 5 nitrogen and oxygen atoms in total. The maximum atomic E-state index is 13.5. The highest BCUT2D eigenvalue weighted by Crippen LogP contribution is 2.26. The molecule has 2 aliphatic rings. The molecule has 2 aromatic carbocycles. The summed E-state index contributed by atoms with van der Waals surface area (Å²) in [6.45, 7) is 7.43. The summed E-state index contributed by atoms with van der Waals surface area (Å²) < 4.78 is 0. The summed E-state index contributed by atoms with van der Waals surface area (Å²) in [7, 11) is 0. The van der Waals surface area contributed by atoms with E-state index in [0.717, 1.165) is 25.2 Å². The van der Waals surface area contributed by atoms with Crippen LogP contribution in [0.1, 0.15) is 25.8 Å². The minimum Gasteiger partial charge on any atom is -0.398 e. The lowest BCUT2D eigenvalue weighted by molar-refractivity contribution is -0.125. The molecule has 0 saturated carbocycles. The zero-order valence-electron chi connectivity index (χ0n) is 18.3. The van der Waals surface area contributed by atoms with E-state index in [4.69, 9.17) is 10.7 Å². The van der Waals surface area contributed by atoms with Crippen LogP contribution in [0.4, 0.5) is 11.4 Å². The van der Waals surface area contributed by atoms with Gasteiger partial charge in [-0.3, -0.25) is 4.79 Å². The molecule has 1 aliphatic heterocycles. The van der Waals surface area contributed by atoms with Gasteiger partial charge >= 0.3 is 0 Å². The molecule has 1 heterocycles. The van der Waals surface area contributed by atoms with Gasteiger partial charge in [0.05, 0.1) is 5.69 Å². The molecule has 1 unspecified atom stereocenters. The normalized spacial score (nSPS) is 19.7. The van der Waals surface area contributed by atoms with Crippen LogP contribution in [0, 0.1) is 5.92 Å². The van der Waals surface area contributed by atoms with Crippen LogP contribution in [0.3, 0.4) is 0 Å². The van der Waals surface area contributed by atoms with Crippen molar-refractivity contribution in [2.45, 2.75) is 20.3 Å². The highest BCUT2D eigenvalue weighted by molar-refractivity contribution is 6.46. The van der Waals surface area contributed by atoms with Gasteiger partial charge in [0.25, 0.3) is 5.91 Å². The van der Waals surface area contributed by atoms with Crippen LogP contribution >= 0.6 is 0 Å². The van der Waals surface area contributed by atoms with Gasteiger partial charge in [-0.25, -0.2) is 4.99 Å². The summed E-state index contributed by atoms with van der Waals surface area (Å²) >= 11 is 0. The first-order valence-corrected chi connectivity index (χ1v) is 10.9. The van der Waals surface area contributed by atoms with Crippen molar-refractivity contribution in [3.63, 3.8) is 0 Å². The Morgan fingerprint density at radius 2 is 1.68 bits per heavy atom. The third-order valence-corrected chi connectivity index (χ3v) is 5.86. The number of carbonyl (C=O) groups excluding carboxylic acids is 1. The van der Waals surface area contributed by atoms with Crippen LogP contribution in [0.15, 0.2) is 83.0 Å². The molecule has 0 radical (unpaired) electrons. The van der Waals surface area contributed by atoms with Gasteiger partial charge in [-0.1, -0.05) is 55.0 Å². The second-order valence-corrected chi connectivity index (χ2v) is 8.39. The third kappa shape index (κ3) is 4.88. The van der Waals surface area contributed by atoms with Gasteiger partial charge in [-0.05, 0) is 43.5 Å². The Bertz CT molecular complexity index is 1030. The second kappa shape index (κ2) is 9.21. The Kier molecular flexibility index (Phi) is 6.21. The van der Waals surface area contributed by atoms with E-state index in [0.29, 0.717) is 36.0 Å². The van der Waals surface area contributed by atoms with E-state index in [2.05, 4.69) is 30.9 Å². The fraction of sp³-hybridized carbons (Fsp3) is 0.308. The Morgan fingerprint density at radius 3 is 2.35 bits per heavy atom. The van der Waals surface area contributed by atoms with Gasteiger partial charge < -0.3 is 15.5 Å². The number of piperazine rings is 1. The van der Waals surface area contributed by atoms with E-state index >= 15 is 0 Å². The molecule has 1 saturated heterocycles. The zero-order chi connectivity index (χ0) is 21.8. The number of nitrogens with zero attached hydrogens (tertiary/aromatic N) is 3. The topological polar surface area (TPSA) is 61.9 Å². The fourth-order valence-electron chi connectivity index (χ4n) is 4.34. The van der Waals surface area contributed by atoms with Crippen molar-refractivity contribution in [3.8, 4) is 0 Å². The monoisotopic (exact) mass is 414 g/mol. The van der Waals surface area contributed by atoms with Crippen LogP contribution in [-0.4, -0.2) is 47.6 Å². The number of anilines is 1. The average Bonchev–Trinajstić information content (AvgIpc) is 2.78. The predicted molar refractivity (Wildman–Crippen MR) is 127 cm³/mol. The van der Waals surface area contributed by atoms with Crippen LogP contribution in [-0.2, 0) is 4.79 Å². The first kappa shape index (κ1) is 20.9. The summed E-state index contributed by atoms with van der Waals surface area (Å²) in [5.41, 5.74) is 11.3. The van der Waals surface area contributed by atoms with Gasteiger partial charge in [0.15, 0.2) is 0 Å². The number of amides is 1. The Labute approximate surface area is 184 Å². The Hall–Kier alpha value is -3.34. The van der Waals surface area contributed by atoms with Gasteiger partial charge in [0.1, 0.15) is 5.71 Å². The fourth-order valence-corrected chi connectivity index (χ4v) is 4.34. The lowest BCUT2D eigenvalue weighted by Gasteiger charge is -2.39. The van der Waals surface area contributed by atoms with Gasteiger partial charge in [0, 0.05) is 43.1 Å². The van der Waals surface area contributed by atoms with Gasteiger partial charge in [-0.2, -0.15) is 0 Å². The molecule has 0 bridgehead atoms.